The van der Waals surface area contributed by atoms with E-state index in [0.29, 0.717) is 13.0 Å². The van der Waals surface area contributed by atoms with Gasteiger partial charge in [-0.2, -0.15) is 0 Å². The van der Waals surface area contributed by atoms with Gasteiger partial charge in [-0.1, -0.05) is 25.1 Å². The van der Waals surface area contributed by atoms with E-state index in [0.717, 1.165) is 12.2 Å². The van der Waals surface area contributed by atoms with Crippen molar-refractivity contribution in [3.05, 3.63) is 29.8 Å². The molecule has 3 N–H and O–H groups in total. The Kier molecular flexibility index (Phi) is 5.16. The quantitative estimate of drug-likeness (QED) is 0.770. The second kappa shape index (κ2) is 6.40. The number of nitrogens with two attached hydrogens (primary N) is 1. The highest BCUT2D eigenvalue weighted by atomic mass is 16.5. The molecule has 1 atom stereocenters. The van der Waals surface area contributed by atoms with Gasteiger partial charge in [0.25, 0.3) is 0 Å². The molecule has 0 aliphatic heterocycles. The van der Waals surface area contributed by atoms with Gasteiger partial charge in [-0.05, 0) is 32.0 Å². The Balaban J connectivity index is 2.58. The molecule has 0 saturated heterocycles. The van der Waals surface area contributed by atoms with Crippen LogP contribution in [0.3, 0.4) is 0 Å². The second-order valence-corrected chi connectivity index (χ2v) is 4.51. The van der Waals surface area contributed by atoms with Crippen LogP contribution in [0.25, 0.3) is 0 Å². The molecule has 0 heterocycles. The number of carbonyl (C=O) groups excluding carboxylic acids is 1. The fourth-order valence-corrected chi connectivity index (χ4v) is 1.67. The lowest BCUT2D eigenvalue weighted by molar-refractivity contribution is -0.124. The summed E-state index contributed by atoms with van der Waals surface area (Å²) in [6.07, 6.45) is 1.46. The van der Waals surface area contributed by atoms with Crippen LogP contribution in [0.5, 0.6) is 5.75 Å². The Morgan fingerprint density at radius 1 is 1.44 bits per heavy atom. The van der Waals surface area contributed by atoms with Gasteiger partial charge in [0.05, 0.1) is 12.1 Å². The molecule has 4 heteroatoms. The highest BCUT2D eigenvalue weighted by Gasteiger charge is 2.28. The number of amides is 1. The SMILES string of the molecule is CCc1ccccc1OCCC(C)(NC)C(N)=O. The number of aryl methyl sites for hydroxylation is 1. The zero-order valence-electron chi connectivity index (χ0n) is 11.3. The Morgan fingerprint density at radius 3 is 2.67 bits per heavy atom. The van der Waals surface area contributed by atoms with Crippen molar-refractivity contribution in [2.24, 2.45) is 5.73 Å². The van der Waals surface area contributed by atoms with Gasteiger partial charge in [-0.3, -0.25) is 4.79 Å². The van der Waals surface area contributed by atoms with E-state index >= 15 is 0 Å². The molecule has 0 aromatic heterocycles. The van der Waals surface area contributed by atoms with Crippen LogP contribution in [0.2, 0.25) is 0 Å². The molecule has 1 unspecified atom stereocenters. The van der Waals surface area contributed by atoms with Gasteiger partial charge in [0.1, 0.15) is 5.75 Å². The van der Waals surface area contributed by atoms with E-state index in [1.165, 1.54) is 5.56 Å². The van der Waals surface area contributed by atoms with E-state index in [2.05, 4.69) is 12.2 Å². The van der Waals surface area contributed by atoms with Crippen LogP contribution in [0.15, 0.2) is 24.3 Å². The Bertz CT molecular complexity index is 407. The maximum absolute atomic E-state index is 11.3. The number of hydrogen-bond donors (Lipinski definition) is 2. The number of para-hydroxylation sites is 1. The third-order valence-corrected chi connectivity index (χ3v) is 3.31. The maximum atomic E-state index is 11.3. The summed E-state index contributed by atoms with van der Waals surface area (Å²) in [5.74, 6) is 0.514. The predicted octanol–water partition coefficient (Wildman–Crippen LogP) is 1.48. The second-order valence-electron chi connectivity index (χ2n) is 4.51. The van der Waals surface area contributed by atoms with Crippen LogP contribution in [0.4, 0.5) is 0 Å². The highest BCUT2D eigenvalue weighted by molar-refractivity contribution is 5.84. The van der Waals surface area contributed by atoms with Crippen LogP contribution >= 0.6 is 0 Å². The molecule has 0 aliphatic carbocycles. The van der Waals surface area contributed by atoms with Crippen LogP contribution in [-0.4, -0.2) is 25.1 Å². The third-order valence-electron chi connectivity index (χ3n) is 3.31. The van der Waals surface area contributed by atoms with Crippen molar-refractivity contribution in [2.45, 2.75) is 32.2 Å². The predicted molar refractivity (Wildman–Crippen MR) is 72.6 cm³/mol. The lowest BCUT2D eigenvalue weighted by Gasteiger charge is -2.25. The van der Waals surface area contributed by atoms with Gasteiger partial charge >= 0.3 is 0 Å². The van der Waals surface area contributed by atoms with E-state index < -0.39 is 5.54 Å². The minimum Gasteiger partial charge on any atom is -0.493 e. The standard InChI is InChI=1S/C14H22N2O2/c1-4-11-7-5-6-8-12(11)18-10-9-14(2,16-3)13(15)17/h5-8,16H,4,9-10H2,1-3H3,(H2,15,17). The number of hydrogen-bond acceptors (Lipinski definition) is 3. The zero-order valence-corrected chi connectivity index (χ0v) is 11.3. The van der Waals surface area contributed by atoms with Gasteiger partial charge in [0, 0.05) is 6.42 Å². The molecule has 0 saturated carbocycles. The summed E-state index contributed by atoms with van der Waals surface area (Å²) in [6, 6.07) is 7.92. The van der Waals surface area contributed by atoms with Crippen molar-refractivity contribution in [1.82, 2.24) is 5.32 Å². The van der Waals surface area contributed by atoms with Crippen molar-refractivity contribution in [1.29, 1.82) is 0 Å². The van der Waals surface area contributed by atoms with E-state index in [9.17, 15) is 4.79 Å². The van der Waals surface area contributed by atoms with Crippen LogP contribution in [0.1, 0.15) is 25.8 Å². The Morgan fingerprint density at radius 2 is 2.11 bits per heavy atom. The number of ether oxygens (including phenoxy) is 1. The molecule has 0 radical (unpaired) electrons. The molecule has 4 nitrogen and oxygen atoms in total. The number of primary amides is 1. The maximum Gasteiger partial charge on any atom is 0.237 e. The Hall–Kier alpha value is -1.55. The first kappa shape index (κ1) is 14.5. The molecule has 1 aromatic rings. The summed E-state index contributed by atoms with van der Waals surface area (Å²) in [5.41, 5.74) is 5.81. The molecule has 100 valence electrons. The number of likely N-dealkylation sites (N-methyl/N-ethyl adjacent to an activating group) is 1. The average Bonchev–Trinajstić information content (AvgIpc) is 2.38. The molecule has 0 bridgehead atoms. The molecule has 0 aliphatic rings. The molecule has 1 rings (SSSR count). The van der Waals surface area contributed by atoms with E-state index in [1.54, 1.807) is 14.0 Å². The van der Waals surface area contributed by atoms with Crippen LogP contribution in [0, 0.1) is 0 Å². The number of benzene rings is 1. The molecule has 18 heavy (non-hydrogen) atoms. The van der Waals surface area contributed by atoms with Crippen molar-refractivity contribution >= 4 is 5.91 Å². The molecule has 1 aromatic carbocycles. The molecular weight excluding hydrogens is 228 g/mol. The summed E-state index contributed by atoms with van der Waals surface area (Å²) in [7, 11) is 1.73. The highest BCUT2D eigenvalue weighted by Crippen LogP contribution is 2.19. The summed E-state index contributed by atoms with van der Waals surface area (Å²) in [6.45, 7) is 4.32. The fraction of sp³-hybridized carbons (Fsp3) is 0.500. The smallest absolute Gasteiger partial charge is 0.237 e. The first-order chi connectivity index (χ1) is 8.53. The number of rotatable bonds is 7. The van der Waals surface area contributed by atoms with Crippen molar-refractivity contribution in [2.75, 3.05) is 13.7 Å². The van der Waals surface area contributed by atoms with E-state index in [-0.39, 0.29) is 5.91 Å². The third kappa shape index (κ3) is 3.47. The van der Waals surface area contributed by atoms with Crippen molar-refractivity contribution in [3.63, 3.8) is 0 Å². The minimum atomic E-state index is -0.721. The van der Waals surface area contributed by atoms with E-state index in [4.69, 9.17) is 10.5 Å². The molecule has 0 fully saturated rings. The molecule has 1 amide bonds. The van der Waals surface area contributed by atoms with Crippen molar-refractivity contribution in [3.8, 4) is 5.75 Å². The summed E-state index contributed by atoms with van der Waals surface area (Å²) in [4.78, 5) is 11.3. The van der Waals surface area contributed by atoms with Gasteiger partial charge < -0.3 is 15.8 Å². The van der Waals surface area contributed by atoms with Crippen LogP contribution in [-0.2, 0) is 11.2 Å². The van der Waals surface area contributed by atoms with E-state index in [1.807, 2.05) is 24.3 Å². The van der Waals surface area contributed by atoms with Gasteiger partial charge in [0.2, 0.25) is 5.91 Å². The molecule has 0 spiro atoms. The van der Waals surface area contributed by atoms with Crippen molar-refractivity contribution < 1.29 is 9.53 Å². The first-order valence-corrected chi connectivity index (χ1v) is 6.23. The van der Waals surface area contributed by atoms with Gasteiger partial charge in [-0.15, -0.1) is 0 Å². The fourth-order valence-electron chi connectivity index (χ4n) is 1.67. The Labute approximate surface area is 109 Å². The van der Waals surface area contributed by atoms with Gasteiger partial charge in [0.15, 0.2) is 0 Å². The first-order valence-electron chi connectivity index (χ1n) is 6.23. The van der Waals surface area contributed by atoms with Crippen LogP contribution < -0.4 is 15.8 Å². The number of carbonyl (C=O) groups is 1. The summed E-state index contributed by atoms with van der Waals surface area (Å²) < 4.78 is 5.73. The van der Waals surface area contributed by atoms with Gasteiger partial charge in [-0.25, -0.2) is 0 Å². The monoisotopic (exact) mass is 250 g/mol. The molecular formula is C14H22N2O2. The minimum absolute atomic E-state index is 0.364. The lowest BCUT2D eigenvalue weighted by Crippen LogP contribution is -2.52. The average molecular weight is 250 g/mol. The largest absolute Gasteiger partial charge is 0.493 e. The zero-order chi connectivity index (χ0) is 13.6. The summed E-state index contributed by atoms with van der Waals surface area (Å²) in [5, 5.41) is 2.94. The topological polar surface area (TPSA) is 64.3 Å². The number of nitrogens with one attached hydrogen (secondary N) is 1. The summed E-state index contributed by atoms with van der Waals surface area (Å²) >= 11 is 0. The lowest BCUT2D eigenvalue weighted by atomic mass is 9.98. The normalized spacial score (nSPS) is 13.9.